The highest BCUT2D eigenvalue weighted by atomic mass is 35.5. The first-order valence-corrected chi connectivity index (χ1v) is 6.70. The Morgan fingerprint density at radius 1 is 1.18 bits per heavy atom. The maximum absolute atomic E-state index is 12.0. The number of aromatic nitrogens is 2. The zero-order valence-corrected chi connectivity index (χ0v) is 13.1. The molecule has 0 unspecified atom stereocenters. The summed E-state index contributed by atoms with van der Waals surface area (Å²) in [5, 5.41) is 5.68. The Kier molecular flexibility index (Phi) is 5.00. The topological polar surface area (TPSA) is 85.4 Å². The van der Waals surface area contributed by atoms with Crippen molar-refractivity contribution in [3.05, 3.63) is 35.0 Å². The molecule has 0 fully saturated rings. The van der Waals surface area contributed by atoms with Gasteiger partial charge in [0, 0.05) is 0 Å². The zero-order chi connectivity index (χ0) is 16.1. The summed E-state index contributed by atoms with van der Waals surface area (Å²) in [5.74, 6) is 0.192. The standard InChI is InChI=1S/C14H15ClN4O3/c1-8-4-5-10(9(15)6-8)17-13(20)18-11-7-16-14(22-3)19-12(11)21-2/h4-7H,1-3H3,(H2,17,18,20). The van der Waals surface area contributed by atoms with Gasteiger partial charge in [0.1, 0.15) is 5.69 Å². The number of halogens is 1. The van der Waals surface area contributed by atoms with Gasteiger partial charge in [-0.15, -0.1) is 0 Å². The first-order chi connectivity index (χ1) is 10.5. The number of hydrogen-bond acceptors (Lipinski definition) is 5. The summed E-state index contributed by atoms with van der Waals surface area (Å²) in [6, 6.07) is 4.98. The SMILES string of the molecule is COc1ncc(NC(=O)Nc2ccc(C)cc2Cl)c(OC)n1. The van der Waals surface area contributed by atoms with Crippen molar-refractivity contribution in [3.8, 4) is 11.9 Å². The number of methoxy groups -OCH3 is 2. The highest BCUT2D eigenvalue weighted by Crippen LogP contribution is 2.25. The van der Waals surface area contributed by atoms with Gasteiger partial charge in [-0.05, 0) is 24.6 Å². The van der Waals surface area contributed by atoms with Gasteiger partial charge in [-0.3, -0.25) is 0 Å². The third-order valence-electron chi connectivity index (χ3n) is 2.73. The van der Waals surface area contributed by atoms with Crippen LogP contribution in [0.3, 0.4) is 0 Å². The molecule has 0 aliphatic heterocycles. The number of nitrogens with zero attached hydrogens (tertiary/aromatic N) is 2. The van der Waals surface area contributed by atoms with Crippen LogP contribution < -0.4 is 20.1 Å². The normalized spacial score (nSPS) is 10.0. The number of anilines is 2. The number of amides is 2. The fourth-order valence-corrected chi connectivity index (χ4v) is 1.97. The van der Waals surface area contributed by atoms with Gasteiger partial charge < -0.3 is 20.1 Å². The van der Waals surface area contributed by atoms with Crippen LogP contribution in [0.4, 0.5) is 16.2 Å². The molecule has 1 aromatic carbocycles. The number of urea groups is 1. The van der Waals surface area contributed by atoms with Crippen LogP contribution >= 0.6 is 11.6 Å². The minimum absolute atomic E-state index is 0.143. The summed E-state index contributed by atoms with van der Waals surface area (Å²) in [7, 11) is 2.87. The van der Waals surface area contributed by atoms with Gasteiger partial charge in [0.05, 0.1) is 31.1 Å². The number of nitrogens with one attached hydrogen (secondary N) is 2. The minimum Gasteiger partial charge on any atom is -0.479 e. The second-order valence-corrected chi connectivity index (χ2v) is 4.75. The minimum atomic E-state index is -0.488. The molecule has 1 aromatic heterocycles. The Bertz CT molecular complexity index is 694. The van der Waals surface area contributed by atoms with Crippen LogP contribution in [0.2, 0.25) is 5.02 Å². The second kappa shape index (κ2) is 6.95. The Labute approximate surface area is 132 Å². The van der Waals surface area contributed by atoms with E-state index in [1.807, 2.05) is 13.0 Å². The van der Waals surface area contributed by atoms with E-state index in [4.69, 9.17) is 21.1 Å². The molecule has 7 nitrogen and oxygen atoms in total. The summed E-state index contributed by atoms with van der Waals surface area (Å²) in [4.78, 5) is 19.9. The van der Waals surface area contributed by atoms with Gasteiger partial charge in [-0.25, -0.2) is 9.78 Å². The molecule has 2 aromatic rings. The van der Waals surface area contributed by atoms with Gasteiger partial charge in [-0.1, -0.05) is 17.7 Å². The maximum atomic E-state index is 12.0. The lowest BCUT2D eigenvalue weighted by Gasteiger charge is -2.11. The van der Waals surface area contributed by atoms with Crippen LogP contribution in [0.5, 0.6) is 11.9 Å². The van der Waals surface area contributed by atoms with E-state index in [9.17, 15) is 4.79 Å². The van der Waals surface area contributed by atoms with Crippen molar-refractivity contribution in [2.75, 3.05) is 24.9 Å². The fraction of sp³-hybridized carbons (Fsp3) is 0.214. The molecule has 0 aliphatic carbocycles. The molecule has 2 amide bonds. The molecule has 0 atom stereocenters. The molecule has 116 valence electrons. The largest absolute Gasteiger partial charge is 0.479 e. The lowest BCUT2D eigenvalue weighted by Crippen LogP contribution is -2.20. The van der Waals surface area contributed by atoms with Crippen LogP contribution in [0.15, 0.2) is 24.4 Å². The summed E-state index contributed by atoms with van der Waals surface area (Å²) in [6.45, 7) is 1.91. The van der Waals surface area contributed by atoms with E-state index in [-0.39, 0.29) is 11.9 Å². The number of carbonyl (C=O) groups excluding carboxylic acids is 1. The smallest absolute Gasteiger partial charge is 0.323 e. The molecule has 8 heteroatoms. The van der Waals surface area contributed by atoms with Crippen molar-refractivity contribution in [2.45, 2.75) is 6.92 Å². The molecule has 1 heterocycles. The Morgan fingerprint density at radius 3 is 2.55 bits per heavy atom. The summed E-state index contributed by atoms with van der Waals surface area (Å²) in [6.07, 6.45) is 1.39. The number of aryl methyl sites for hydroxylation is 1. The van der Waals surface area contributed by atoms with Crippen molar-refractivity contribution < 1.29 is 14.3 Å². The number of hydrogen-bond donors (Lipinski definition) is 2. The predicted octanol–water partition coefficient (Wildman–Crippen LogP) is 3.10. The van der Waals surface area contributed by atoms with E-state index in [0.717, 1.165) is 5.56 Å². The van der Waals surface area contributed by atoms with Gasteiger partial charge in [0.2, 0.25) is 5.88 Å². The lowest BCUT2D eigenvalue weighted by atomic mass is 10.2. The number of carbonyl (C=O) groups is 1. The molecule has 0 radical (unpaired) electrons. The van der Waals surface area contributed by atoms with E-state index in [1.165, 1.54) is 20.4 Å². The molecule has 0 spiro atoms. The van der Waals surface area contributed by atoms with E-state index >= 15 is 0 Å². The van der Waals surface area contributed by atoms with E-state index in [2.05, 4.69) is 20.6 Å². The van der Waals surface area contributed by atoms with Crippen LogP contribution in [-0.4, -0.2) is 30.2 Å². The van der Waals surface area contributed by atoms with Crippen LogP contribution in [0.25, 0.3) is 0 Å². The van der Waals surface area contributed by atoms with E-state index < -0.39 is 6.03 Å². The molecule has 0 saturated heterocycles. The van der Waals surface area contributed by atoms with Crippen molar-refractivity contribution in [3.63, 3.8) is 0 Å². The first-order valence-electron chi connectivity index (χ1n) is 6.32. The zero-order valence-electron chi connectivity index (χ0n) is 12.3. The second-order valence-electron chi connectivity index (χ2n) is 4.34. The maximum Gasteiger partial charge on any atom is 0.323 e. The Morgan fingerprint density at radius 2 is 1.91 bits per heavy atom. The third-order valence-corrected chi connectivity index (χ3v) is 3.04. The lowest BCUT2D eigenvalue weighted by molar-refractivity contribution is 0.262. The molecular formula is C14H15ClN4O3. The molecule has 0 saturated carbocycles. The van der Waals surface area contributed by atoms with Crippen molar-refractivity contribution in [1.29, 1.82) is 0 Å². The Balaban J connectivity index is 2.12. The van der Waals surface area contributed by atoms with Gasteiger partial charge in [0.15, 0.2) is 0 Å². The average molecular weight is 323 g/mol. The first kappa shape index (κ1) is 15.8. The molecule has 22 heavy (non-hydrogen) atoms. The average Bonchev–Trinajstić information content (AvgIpc) is 2.50. The number of benzene rings is 1. The Hall–Kier alpha value is -2.54. The van der Waals surface area contributed by atoms with Crippen LogP contribution in [-0.2, 0) is 0 Å². The molecular weight excluding hydrogens is 308 g/mol. The van der Waals surface area contributed by atoms with E-state index in [0.29, 0.717) is 16.4 Å². The third kappa shape index (κ3) is 3.76. The van der Waals surface area contributed by atoms with Gasteiger partial charge >= 0.3 is 12.0 Å². The highest BCUT2D eigenvalue weighted by Gasteiger charge is 2.12. The summed E-state index contributed by atoms with van der Waals surface area (Å²) < 4.78 is 9.97. The van der Waals surface area contributed by atoms with Crippen molar-refractivity contribution >= 4 is 29.0 Å². The number of rotatable bonds is 4. The van der Waals surface area contributed by atoms with Gasteiger partial charge in [-0.2, -0.15) is 4.98 Å². The molecule has 0 aliphatic rings. The van der Waals surface area contributed by atoms with Crippen LogP contribution in [0.1, 0.15) is 5.56 Å². The van der Waals surface area contributed by atoms with Crippen molar-refractivity contribution in [1.82, 2.24) is 9.97 Å². The van der Waals surface area contributed by atoms with Crippen molar-refractivity contribution in [2.24, 2.45) is 0 Å². The van der Waals surface area contributed by atoms with E-state index in [1.54, 1.807) is 12.1 Å². The predicted molar refractivity (Wildman–Crippen MR) is 84.0 cm³/mol. The van der Waals surface area contributed by atoms with Gasteiger partial charge in [0.25, 0.3) is 0 Å². The molecule has 0 bridgehead atoms. The quantitative estimate of drug-likeness (QED) is 0.903. The van der Waals surface area contributed by atoms with Crippen LogP contribution in [0, 0.1) is 6.92 Å². The molecule has 2 N–H and O–H groups in total. The number of ether oxygens (including phenoxy) is 2. The fourth-order valence-electron chi connectivity index (χ4n) is 1.69. The highest BCUT2D eigenvalue weighted by molar-refractivity contribution is 6.33. The monoisotopic (exact) mass is 322 g/mol. The summed E-state index contributed by atoms with van der Waals surface area (Å²) in [5.41, 5.74) is 1.81. The molecule has 2 rings (SSSR count). The summed E-state index contributed by atoms with van der Waals surface area (Å²) >= 11 is 6.07.